The lowest BCUT2D eigenvalue weighted by Crippen LogP contribution is -2.00. The molecule has 0 saturated heterocycles. The van der Waals surface area contributed by atoms with E-state index in [9.17, 15) is 0 Å². The molecule has 3 rings (SSSR count). The van der Waals surface area contributed by atoms with Crippen molar-refractivity contribution < 1.29 is 4.74 Å². The fourth-order valence-electron chi connectivity index (χ4n) is 2.22. The number of nitrogens with two attached hydrogens (primary N) is 1. The summed E-state index contributed by atoms with van der Waals surface area (Å²) in [5.74, 6) is 0.857. The Kier molecular flexibility index (Phi) is 4.15. The summed E-state index contributed by atoms with van der Waals surface area (Å²) in [5, 5.41) is 4.60. The van der Waals surface area contributed by atoms with Crippen LogP contribution >= 0.6 is 15.9 Å². The third-order valence-corrected chi connectivity index (χ3v) is 4.16. The molecule has 0 unspecified atom stereocenters. The maximum Gasteiger partial charge on any atom is 0.118 e. The third kappa shape index (κ3) is 3.14. The SMILES string of the molecule is COc1ccc(Cn2ccc(-c3ccc(Br)c(N)c3)n2)cc1. The van der Waals surface area contributed by atoms with Gasteiger partial charge in [-0.05, 0) is 51.8 Å². The molecule has 3 aromatic rings. The topological polar surface area (TPSA) is 53.1 Å². The minimum Gasteiger partial charge on any atom is -0.497 e. The predicted octanol–water partition coefficient (Wildman–Crippen LogP) is 3.95. The number of ether oxygens (including phenoxy) is 1. The first-order valence-electron chi connectivity index (χ1n) is 6.87. The van der Waals surface area contributed by atoms with Crippen LogP contribution in [0.2, 0.25) is 0 Å². The largest absolute Gasteiger partial charge is 0.497 e. The van der Waals surface area contributed by atoms with Gasteiger partial charge < -0.3 is 10.5 Å². The lowest BCUT2D eigenvalue weighted by Gasteiger charge is -2.04. The Morgan fingerprint density at radius 2 is 1.91 bits per heavy atom. The molecule has 0 bridgehead atoms. The van der Waals surface area contributed by atoms with Crippen LogP contribution in [0.4, 0.5) is 5.69 Å². The van der Waals surface area contributed by atoms with Gasteiger partial charge in [0.15, 0.2) is 0 Å². The lowest BCUT2D eigenvalue weighted by molar-refractivity contribution is 0.414. The number of methoxy groups -OCH3 is 1. The first-order chi connectivity index (χ1) is 10.7. The highest BCUT2D eigenvalue weighted by Crippen LogP contribution is 2.26. The van der Waals surface area contributed by atoms with Gasteiger partial charge in [-0.15, -0.1) is 0 Å². The molecule has 0 fully saturated rings. The van der Waals surface area contributed by atoms with Crippen LogP contribution in [0.3, 0.4) is 0 Å². The van der Waals surface area contributed by atoms with Gasteiger partial charge in [0.05, 0.1) is 19.3 Å². The molecule has 0 amide bonds. The molecule has 2 N–H and O–H groups in total. The van der Waals surface area contributed by atoms with E-state index in [-0.39, 0.29) is 0 Å². The Balaban J connectivity index is 1.79. The van der Waals surface area contributed by atoms with Gasteiger partial charge in [0.25, 0.3) is 0 Å². The molecule has 5 heteroatoms. The van der Waals surface area contributed by atoms with Crippen molar-refractivity contribution in [1.29, 1.82) is 0 Å². The molecule has 1 heterocycles. The Bertz CT molecular complexity index is 781. The lowest BCUT2D eigenvalue weighted by atomic mass is 10.1. The summed E-state index contributed by atoms with van der Waals surface area (Å²) >= 11 is 3.40. The number of benzene rings is 2. The molecule has 0 atom stereocenters. The van der Waals surface area contributed by atoms with E-state index >= 15 is 0 Å². The van der Waals surface area contributed by atoms with E-state index in [0.29, 0.717) is 5.69 Å². The minimum atomic E-state index is 0.710. The van der Waals surface area contributed by atoms with Crippen molar-refractivity contribution in [2.45, 2.75) is 6.54 Å². The van der Waals surface area contributed by atoms with Crippen LogP contribution < -0.4 is 10.5 Å². The molecule has 0 radical (unpaired) electrons. The summed E-state index contributed by atoms with van der Waals surface area (Å²) in [6, 6.07) is 15.8. The number of anilines is 1. The Morgan fingerprint density at radius 1 is 1.14 bits per heavy atom. The fraction of sp³-hybridized carbons (Fsp3) is 0.118. The highest BCUT2D eigenvalue weighted by atomic mass is 79.9. The molecule has 1 aromatic heterocycles. The average molecular weight is 358 g/mol. The highest BCUT2D eigenvalue weighted by molar-refractivity contribution is 9.10. The van der Waals surface area contributed by atoms with Crippen molar-refractivity contribution in [1.82, 2.24) is 9.78 Å². The number of rotatable bonds is 4. The first-order valence-corrected chi connectivity index (χ1v) is 7.67. The average Bonchev–Trinajstić information content (AvgIpc) is 2.99. The molecular weight excluding hydrogens is 342 g/mol. The summed E-state index contributed by atoms with van der Waals surface area (Å²) in [6.07, 6.45) is 1.97. The van der Waals surface area contributed by atoms with Gasteiger partial charge in [0.2, 0.25) is 0 Å². The van der Waals surface area contributed by atoms with Gasteiger partial charge in [-0.3, -0.25) is 4.68 Å². The highest BCUT2D eigenvalue weighted by Gasteiger charge is 2.05. The summed E-state index contributed by atoms with van der Waals surface area (Å²) in [6.45, 7) is 0.718. The summed E-state index contributed by atoms with van der Waals surface area (Å²) in [4.78, 5) is 0. The summed E-state index contributed by atoms with van der Waals surface area (Å²) in [7, 11) is 1.67. The van der Waals surface area contributed by atoms with E-state index in [1.165, 1.54) is 5.56 Å². The third-order valence-electron chi connectivity index (χ3n) is 3.44. The zero-order valence-electron chi connectivity index (χ0n) is 12.2. The van der Waals surface area contributed by atoms with E-state index in [1.54, 1.807) is 7.11 Å². The normalized spacial score (nSPS) is 10.6. The molecule has 0 aliphatic heterocycles. The monoisotopic (exact) mass is 357 g/mol. The Morgan fingerprint density at radius 3 is 2.59 bits per heavy atom. The zero-order chi connectivity index (χ0) is 15.5. The number of aromatic nitrogens is 2. The number of nitrogens with zero attached hydrogens (tertiary/aromatic N) is 2. The fourth-order valence-corrected chi connectivity index (χ4v) is 2.47. The van der Waals surface area contributed by atoms with Gasteiger partial charge >= 0.3 is 0 Å². The number of nitrogen functional groups attached to an aromatic ring is 1. The van der Waals surface area contributed by atoms with Crippen LogP contribution in [-0.4, -0.2) is 16.9 Å². The second-order valence-corrected chi connectivity index (χ2v) is 5.84. The number of hydrogen-bond donors (Lipinski definition) is 1. The molecule has 0 spiro atoms. The molecular formula is C17H16BrN3O. The van der Waals surface area contributed by atoms with Crippen molar-refractivity contribution in [3.63, 3.8) is 0 Å². The molecule has 2 aromatic carbocycles. The van der Waals surface area contributed by atoms with Gasteiger partial charge in [0.1, 0.15) is 5.75 Å². The number of halogens is 1. The van der Waals surface area contributed by atoms with Gasteiger partial charge in [-0.1, -0.05) is 18.2 Å². The van der Waals surface area contributed by atoms with E-state index < -0.39 is 0 Å². The van der Waals surface area contributed by atoms with Crippen molar-refractivity contribution in [2.75, 3.05) is 12.8 Å². The van der Waals surface area contributed by atoms with Crippen LogP contribution in [0.25, 0.3) is 11.3 Å². The van der Waals surface area contributed by atoms with Crippen molar-refractivity contribution in [3.05, 3.63) is 64.8 Å². The molecule has 0 aliphatic rings. The quantitative estimate of drug-likeness (QED) is 0.719. The first kappa shape index (κ1) is 14.7. The number of hydrogen-bond acceptors (Lipinski definition) is 3. The second-order valence-electron chi connectivity index (χ2n) is 4.98. The molecule has 0 aliphatic carbocycles. The minimum absolute atomic E-state index is 0.710. The van der Waals surface area contributed by atoms with Crippen LogP contribution in [-0.2, 0) is 6.54 Å². The molecule has 112 valence electrons. The van der Waals surface area contributed by atoms with E-state index in [0.717, 1.165) is 28.0 Å². The zero-order valence-corrected chi connectivity index (χ0v) is 13.7. The predicted molar refractivity (Wildman–Crippen MR) is 91.9 cm³/mol. The van der Waals surface area contributed by atoms with Crippen LogP contribution in [0, 0.1) is 0 Å². The van der Waals surface area contributed by atoms with Crippen LogP contribution in [0.1, 0.15) is 5.56 Å². The summed E-state index contributed by atoms with van der Waals surface area (Å²) < 4.78 is 7.97. The molecule has 0 saturated carbocycles. The Labute approximate surface area is 137 Å². The van der Waals surface area contributed by atoms with Gasteiger partial charge in [-0.2, -0.15) is 5.10 Å². The standard InChI is InChI=1S/C17H16BrN3O/c1-22-14-5-2-12(3-6-14)11-21-9-8-17(20-21)13-4-7-15(18)16(19)10-13/h2-10H,11,19H2,1H3. The van der Waals surface area contributed by atoms with Crippen molar-refractivity contribution in [3.8, 4) is 17.0 Å². The van der Waals surface area contributed by atoms with Gasteiger partial charge in [0, 0.05) is 21.9 Å². The maximum absolute atomic E-state index is 5.92. The van der Waals surface area contributed by atoms with E-state index in [4.69, 9.17) is 10.5 Å². The van der Waals surface area contributed by atoms with Crippen molar-refractivity contribution >= 4 is 21.6 Å². The second kappa shape index (κ2) is 6.23. The van der Waals surface area contributed by atoms with Crippen LogP contribution in [0.5, 0.6) is 5.75 Å². The molecule has 4 nitrogen and oxygen atoms in total. The smallest absolute Gasteiger partial charge is 0.118 e. The van der Waals surface area contributed by atoms with Crippen molar-refractivity contribution in [2.24, 2.45) is 0 Å². The van der Waals surface area contributed by atoms with E-state index in [2.05, 4.69) is 21.0 Å². The summed E-state index contributed by atoms with van der Waals surface area (Å²) in [5.41, 5.74) is 9.72. The van der Waals surface area contributed by atoms with E-state index in [1.807, 2.05) is 59.4 Å². The maximum atomic E-state index is 5.92. The van der Waals surface area contributed by atoms with Gasteiger partial charge in [-0.25, -0.2) is 0 Å². The van der Waals surface area contributed by atoms with Crippen LogP contribution in [0.15, 0.2) is 59.2 Å². The Hall–Kier alpha value is -2.27. The molecule has 22 heavy (non-hydrogen) atoms.